The Hall–Kier alpha value is -3.22. The van der Waals surface area contributed by atoms with Gasteiger partial charge in [-0.25, -0.2) is 0 Å². The molecule has 3 rings (SSSR count). The van der Waals surface area contributed by atoms with E-state index in [1.54, 1.807) is 18.2 Å². The van der Waals surface area contributed by atoms with E-state index in [0.29, 0.717) is 48.1 Å². The molecule has 0 saturated heterocycles. The lowest BCUT2D eigenvalue weighted by molar-refractivity contribution is -0.124. The first-order chi connectivity index (χ1) is 14.0. The third-order valence-electron chi connectivity index (χ3n) is 4.61. The molecule has 0 radical (unpaired) electrons. The Kier molecular flexibility index (Phi) is 6.59. The van der Waals surface area contributed by atoms with Gasteiger partial charge in [0.05, 0.1) is 18.7 Å². The molecule has 0 aliphatic carbocycles. The summed E-state index contributed by atoms with van der Waals surface area (Å²) in [6, 6.07) is 10.3. The molecular weight excluding hydrogens is 374 g/mol. The van der Waals surface area contributed by atoms with Gasteiger partial charge in [0.1, 0.15) is 24.7 Å². The highest BCUT2D eigenvalue weighted by Gasteiger charge is 2.22. The summed E-state index contributed by atoms with van der Waals surface area (Å²) in [5, 5.41) is 3.00. The molecule has 29 heavy (non-hydrogen) atoms. The van der Waals surface area contributed by atoms with Crippen molar-refractivity contribution in [1.82, 2.24) is 5.32 Å². The number of rotatable bonds is 8. The first-order valence-electron chi connectivity index (χ1n) is 9.46. The van der Waals surface area contributed by atoms with E-state index in [2.05, 4.69) is 5.32 Å². The van der Waals surface area contributed by atoms with Crippen molar-refractivity contribution in [3.8, 4) is 23.0 Å². The summed E-state index contributed by atoms with van der Waals surface area (Å²) in [4.78, 5) is 23.8. The predicted octanol–water partition coefficient (Wildman–Crippen LogP) is 3.17. The Bertz CT molecular complexity index is 880. The zero-order chi connectivity index (χ0) is 20.8. The molecule has 0 aromatic heterocycles. The molecule has 0 unspecified atom stereocenters. The minimum absolute atomic E-state index is 0.146. The maximum Gasteiger partial charge on any atom is 0.258 e. The zero-order valence-corrected chi connectivity index (χ0v) is 16.8. The van der Waals surface area contributed by atoms with Crippen molar-refractivity contribution in [3.63, 3.8) is 0 Å². The van der Waals surface area contributed by atoms with E-state index in [0.717, 1.165) is 5.56 Å². The van der Waals surface area contributed by atoms with E-state index in [-0.39, 0.29) is 24.5 Å². The van der Waals surface area contributed by atoms with Gasteiger partial charge >= 0.3 is 0 Å². The average Bonchev–Trinajstić information content (AvgIpc) is 2.75. The molecule has 1 heterocycles. The van der Waals surface area contributed by atoms with Gasteiger partial charge in [-0.1, -0.05) is 19.9 Å². The maximum absolute atomic E-state index is 12.5. The molecule has 1 amide bonds. The second kappa shape index (κ2) is 9.32. The molecule has 2 aromatic rings. The van der Waals surface area contributed by atoms with Gasteiger partial charge in [0.25, 0.3) is 5.91 Å². The normalized spacial score (nSPS) is 13.5. The van der Waals surface area contributed by atoms with Crippen molar-refractivity contribution in [2.24, 2.45) is 5.92 Å². The number of hydrogen-bond acceptors (Lipinski definition) is 6. The van der Waals surface area contributed by atoms with Gasteiger partial charge in [-0.05, 0) is 41.8 Å². The predicted molar refractivity (Wildman–Crippen MR) is 107 cm³/mol. The zero-order valence-electron chi connectivity index (χ0n) is 16.8. The summed E-state index contributed by atoms with van der Waals surface area (Å²) in [5.74, 6) is 2.12. The highest BCUT2D eigenvalue weighted by atomic mass is 16.6. The van der Waals surface area contributed by atoms with Crippen LogP contribution in [0.2, 0.25) is 0 Å². The number of benzene rings is 2. The smallest absolute Gasteiger partial charge is 0.258 e. The van der Waals surface area contributed by atoms with E-state index in [9.17, 15) is 9.59 Å². The number of aldehydes is 1. The third-order valence-corrected chi connectivity index (χ3v) is 4.61. The van der Waals surface area contributed by atoms with Crippen LogP contribution in [0.25, 0.3) is 0 Å². The van der Waals surface area contributed by atoms with Crippen LogP contribution in [0.15, 0.2) is 36.4 Å². The van der Waals surface area contributed by atoms with Gasteiger partial charge in [-0.15, -0.1) is 0 Å². The number of methoxy groups -OCH3 is 1. The first-order valence-corrected chi connectivity index (χ1v) is 9.46. The fourth-order valence-electron chi connectivity index (χ4n) is 3.12. The highest BCUT2D eigenvalue weighted by molar-refractivity contribution is 5.81. The molecular formula is C22H25NO6. The van der Waals surface area contributed by atoms with Crippen LogP contribution in [0.1, 0.15) is 35.8 Å². The van der Waals surface area contributed by atoms with Gasteiger partial charge in [-0.3, -0.25) is 9.59 Å². The Morgan fingerprint density at radius 3 is 2.59 bits per heavy atom. The molecule has 1 atom stereocenters. The lowest BCUT2D eigenvalue weighted by Gasteiger charge is -2.25. The fraction of sp³-hybridized carbons (Fsp3) is 0.364. The minimum Gasteiger partial charge on any atom is -0.497 e. The number of carbonyl (C=O) groups excluding carboxylic acids is 2. The fourth-order valence-corrected chi connectivity index (χ4v) is 3.12. The van der Waals surface area contributed by atoms with Gasteiger partial charge in [0.15, 0.2) is 24.4 Å². The SMILES string of the molecule is COc1ccc(OCC(=O)N[C@@H](c2ccc3c(c2)OCCO3)C(C)C)c(C=O)c1. The van der Waals surface area contributed by atoms with Crippen molar-refractivity contribution in [3.05, 3.63) is 47.5 Å². The molecule has 0 spiro atoms. The van der Waals surface area contributed by atoms with Crippen LogP contribution in [-0.4, -0.2) is 39.1 Å². The lowest BCUT2D eigenvalue weighted by Crippen LogP contribution is -2.35. The summed E-state index contributed by atoms with van der Waals surface area (Å²) in [6.45, 7) is 4.88. The number of amides is 1. The Morgan fingerprint density at radius 1 is 1.14 bits per heavy atom. The second-order valence-corrected chi connectivity index (χ2v) is 7.00. The van der Waals surface area contributed by atoms with E-state index in [1.165, 1.54) is 7.11 Å². The molecule has 0 fully saturated rings. The molecule has 2 aromatic carbocycles. The van der Waals surface area contributed by atoms with E-state index in [4.69, 9.17) is 18.9 Å². The van der Waals surface area contributed by atoms with Crippen molar-refractivity contribution in [1.29, 1.82) is 0 Å². The third kappa shape index (κ3) is 4.99. The Morgan fingerprint density at radius 2 is 1.90 bits per heavy atom. The molecule has 1 aliphatic rings. The van der Waals surface area contributed by atoms with Gasteiger partial charge < -0.3 is 24.3 Å². The second-order valence-electron chi connectivity index (χ2n) is 7.00. The molecule has 0 saturated carbocycles. The van der Waals surface area contributed by atoms with E-state index in [1.807, 2.05) is 32.0 Å². The number of hydrogen-bond donors (Lipinski definition) is 1. The summed E-state index contributed by atoms with van der Waals surface area (Å²) in [7, 11) is 1.52. The first kappa shape index (κ1) is 20.5. The average molecular weight is 399 g/mol. The molecule has 7 nitrogen and oxygen atoms in total. The molecule has 1 N–H and O–H groups in total. The van der Waals surface area contributed by atoms with Crippen LogP contribution < -0.4 is 24.3 Å². The van der Waals surface area contributed by atoms with Crippen LogP contribution in [0.4, 0.5) is 0 Å². The summed E-state index contributed by atoms with van der Waals surface area (Å²) in [5.41, 5.74) is 1.25. The van der Waals surface area contributed by atoms with Crippen LogP contribution in [0.3, 0.4) is 0 Å². The monoisotopic (exact) mass is 399 g/mol. The van der Waals surface area contributed by atoms with Crippen LogP contribution >= 0.6 is 0 Å². The number of fused-ring (bicyclic) bond motifs is 1. The Labute approximate surface area is 169 Å². The lowest BCUT2D eigenvalue weighted by atomic mass is 9.95. The Balaban J connectivity index is 1.67. The molecule has 0 bridgehead atoms. The van der Waals surface area contributed by atoms with Crippen molar-refractivity contribution in [2.45, 2.75) is 19.9 Å². The van der Waals surface area contributed by atoms with E-state index < -0.39 is 0 Å². The number of nitrogens with one attached hydrogen (secondary N) is 1. The van der Waals surface area contributed by atoms with E-state index >= 15 is 0 Å². The van der Waals surface area contributed by atoms with Crippen LogP contribution in [0.5, 0.6) is 23.0 Å². The summed E-state index contributed by atoms with van der Waals surface area (Å²) < 4.78 is 21.8. The van der Waals surface area contributed by atoms with Crippen molar-refractivity contribution < 1.29 is 28.5 Å². The number of carbonyl (C=O) groups is 2. The van der Waals surface area contributed by atoms with Crippen molar-refractivity contribution >= 4 is 12.2 Å². The van der Waals surface area contributed by atoms with Crippen LogP contribution in [0, 0.1) is 5.92 Å². The van der Waals surface area contributed by atoms with Gasteiger partial charge in [0, 0.05) is 0 Å². The topological polar surface area (TPSA) is 83.1 Å². The quantitative estimate of drug-likeness (QED) is 0.687. The maximum atomic E-state index is 12.5. The van der Waals surface area contributed by atoms with Crippen molar-refractivity contribution in [2.75, 3.05) is 26.9 Å². The largest absolute Gasteiger partial charge is 0.497 e. The van der Waals surface area contributed by atoms with Gasteiger partial charge in [0.2, 0.25) is 0 Å². The number of ether oxygens (including phenoxy) is 4. The standard InChI is InChI=1S/C22H25NO6/c1-14(2)22(15-4-6-19-20(11-15)28-9-8-27-19)23-21(25)13-29-18-7-5-17(26-3)10-16(18)12-24/h4-7,10-12,14,22H,8-9,13H2,1-3H3,(H,23,25)/t22-/m1/s1. The molecule has 1 aliphatic heterocycles. The minimum atomic E-state index is -0.286. The summed E-state index contributed by atoms with van der Waals surface area (Å²) in [6.07, 6.45) is 0.669. The molecule has 154 valence electrons. The van der Waals surface area contributed by atoms with Crippen LogP contribution in [-0.2, 0) is 4.79 Å². The highest BCUT2D eigenvalue weighted by Crippen LogP contribution is 2.34. The summed E-state index contributed by atoms with van der Waals surface area (Å²) >= 11 is 0. The molecule has 7 heteroatoms. The van der Waals surface area contributed by atoms with Gasteiger partial charge in [-0.2, -0.15) is 0 Å².